The maximum Gasteiger partial charge on any atom is 0.287 e. The van der Waals surface area contributed by atoms with E-state index < -0.39 is 0 Å². The van der Waals surface area contributed by atoms with Gasteiger partial charge in [-0.25, -0.2) is 0 Å². The van der Waals surface area contributed by atoms with Gasteiger partial charge in [-0.1, -0.05) is 0 Å². The quantitative estimate of drug-likeness (QED) is 0.851. The first-order valence-electron chi connectivity index (χ1n) is 8.62. The number of nitrogens with zero attached hydrogens (tertiary/aromatic N) is 1. The molecule has 5 heteroatoms. The van der Waals surface area contributed by atoms with Gasteiger partial charge in [-0.3, -0.25) is 9.69 Å². The van der Waals surface area contributed by atoms with E-state index in [-0.39, 0.29) is 11.9 Å². The molecular formula is C19H23N3O2. The van der Waals surface area contributed by atoms with E-state index in [1.807, 2.05) is 30.3 Å². The van der Waals surface area contributed by atoms with Gasteiger partial charge < -0.3 is 15.5 Å². The second kappa shape index (κ2) is 5.98. The molecule has 3 aliphatic rings. The van der Waals surface area contributed by atoms with Crippen molar-refractivity contribution in [2.75, 3.05) is 18.8 Å². The summed E-state index contributed by atoms with van der Waals surface area (Å²) in [4.78, 5) is 15.1. The van der Waals surface area contributed by atoms with Crippen molar-refractivity contribution in [1.29, 1.82) is 0 Å². The number of benzene rings is 1. The van der Waals surface area contributed by atoms with Crippen LogP contribution in [0.5, 0.6) is 0 Å². The van der Waals surface area contributed by atoms with E-state index in [0.29, 0.717) is 29.2 Å². The lowest BCUT2D eigenvalue weighted by molar-refractivity contribution is 0.0211. The highest BCUT2D eigenvalue weighted by molar-refractivity contribution is 5.92. The Labute approximate surface area is 141 Å². The van der Waals surface area contributed by atoms with Gasteiger partial charge in [-0.15, -0.1) is 0 Å². The summed E-state index contributed by atoms with van der Waals surface area (Å²) in [7, 11) is 0. The Morgan fingerprint density at radius 2 is 1.88 bits per heavy atom. The van der Waals surface area contributed by atoms with Gasteiger partial charge in [0.2, 0.25) is 0 Å². The van der Waals surface area contributed by atoms with Crippen LogP contribution in [0.1, 0.15) is 30.3 Å². The number of anilines is 1. The number of hydrogen-bond acceptors (Lipinski definition) is 4. The standard InChI is InChI=1S/C19H23N3O2/c1-12-18(14-8-10-22(12)11-9-14)21-19(23)17-7-6-16(24-17)13-2-4-15(20)5-3-13/h2-7,12,14,18H,8-11,20H2,1H3,(H,21,23). The third kappa shape index (κ3) is 2.69. The van der Waals surface area contributed by atoms with E-state index >= 15 is 0 Å². The van der Waals surface area contributed by atoms with Gasteiger partial charge in [0.25, 0.3) is 5.91 Å². The predicted octanol–water partition coefficient (Wildman–Crippen LogP) is 2.74. The van der Waals surface area contributed by atoms with Gasteiger partial charge in [-0.05, 0) is 75.2 Å². The van der Waals surface area contributed by atoms with Crippen molar-refractivity contribution in [3.8, 4) is 11.3 Å². The van der Waals surface area contributed by atoms with E-state index in [1.54, 1.807) is 6.07 Å². The van der Waals surface area contributed by atoms with Crippen molar-refractivity contribution in [1.82, 2.24) is 10.2 Å². The molecule has 0 radical (unpaired) electrons. The first-order chi connectivity index (χ1) is 11.6. The molecule has 3 N–H and O–H groups in total. The Hall–Kier alpha value is -2.27. The first kappa shape index (κ1) is 15.3. The number of carbonyl (C=O) groups is 1. The number of carbonyl (C=O) groups excluding carboxylic acids is 1. The number of rotatable bonds is 3. The summed E-state index contributed by atoms with van der Waals surface area (Å²) in [6, 6.07) is 11.6. The molecule has 3 fully saturated rings. The van der Waals surface area contributed by atoms with Crippen LogP contribution < -0.4 is 11.1 Å². The molecule has 1 amide bonds. The summed E-state index contributed by atoms with van der Waals surface area (Å²) in [5.74, 6) is 1.51. The van der Waals surface area contributed by atoms with E-state index in [4.69, 9.17) is 10.2 Å². The van der Waals surface area contributed by atoms with Gasteiger partial charge >= 0.3 is 0 Å². The summed E-state index contributed by atoms with van der Waals surface area (Å²) < 4.78 is 5.76. The summed E-state index contributed by atoms with van der Waals surface area (Å²) in [6.07, 6.45) is 2.34. The van der Waals surface area contributed by atoms with Crippen LogP contribution in [-0.2, 0) is 0 Å². The molecule has 4 heterocycles. The van der Waals surface area contributed by atoms with Crippen molar-refractivity contribution >= 4 is 11.6 Å². The molecule has 5 rings (SSSR count). The highest BCUT2D eigenvalue weighted by atomic mass is 16.3. The number of nitrogens with two attached hydrogens (primary N) is 1. The Morgan fingerprint density at radius 3 is 2.54 bits per heavy atom. The Bertz CT molecular complexity index is 727. The Kier molecular flexibility index (Phi) is 3.81. The smallest absolute Gasteiger partial charge is 0.287 e. The molecule has 126 valence electrons. The van der Waals surface area contributed by atoms with Crippen LogP contribution in [0.25, 0.3) is 11.3 Å². The van der Waals surface area contributed by atoms with Gasteiger partial charge in [0, 0.05) is 23.3 Å². The van der Waals surface area contributed by atoms with E-state index in [1.165, 1.54) is 12.8 Å². The van der Waals surface area contributed by atoms with Gasteiger partial charge in [-0.2, -0.15) is 0 Å². The molecule has 2 atom stereocenters. The summed E-state index contributed by atoms with van der Waals surface area (Å²) in [5, 5.41) is 3.20. The fraction of sp³-hybridized carbons (Fsp3) is 0.421. The second-order valence-corrected chi connectivity index (χ2v) is 6.90. The zero-order chi connectivity index (χ0) is 16.7. The summed E-state index contributed by atoms with van der Waals surface area (Å²) in [6.45, 7) is 4.51. The SMILES string of the molecule is CC1C(NC(=O)c2ccc(-c3ccc(N)cc3)o2)C2CCN1CC2. The number of fused-ring (bicyclic) bond motifs is 3. The number of hydrogen-bond donors (Lipinski definition) is 2. The monoisotopic (exact) mass is 325 g/mol. The van der Waals surface area contributed by atoms with E-state index in [9.17, 15) is 4.79 Å². The third-order valence-corrected chi connectivity index (χ3v) is 5.50. The number of nitrogen functional groups attached to an aromatic ring is 1. The molecule has 2 aromatic rings. The first-order valence-corrected chi connectivity index (χ1v) is 8.62. The minimum absolute atomic E-state index is 0.123. The fourth-order valence-corrected chi connectivity index (χ4v) is 4.03. The molecule has 0 spiro atoms. The van der Waals surface area contributed by atoms with Crippen molar-refractivity contribution in [3.63, 3.8) is 0 Å². The van der Waals surface area contributed by atoms with Gasteiger partial charge in [0.15, 0.2) is 5.76 Å². The van der Waals surface area contributed by atoms with Crippen LogP contribution >= 0.6 is 0 Å². The Morgan fingerprint density at radius 1 is 1.17 bits per heavy atom. The van der Waals surface area contributed by atoms with E-state index in [2.05, 4.69) is 17.1 Å². The molecule has 1 aromatic heterocycles. The fourth-order valence-electron chi connectivity index (χ4n) is 4.03. The minimum atomic E-state index is -0.123. The number of amides is 1. The maximum absolute atomic E-state index is 12.6. The largest absolute Gasteiger partial charge is 0.451 e. The predicted molar refractivity (Wildman–Crippen MR) is 93.6 cm³/mol. The van der Waals surface area contributed by atoms with Crippen LogP contribution in [0.3, 0.4) is 0 Å². The molecule has 2 unspecified atom stereocenters. The van der Waals surface area contributed by atoms with Crippen LogP contribution in [0, 0.1) is 5.92 Å². The Balaban J connectivity index is 1.48. The third-order valence-electron chi connectivity index (χ3n) is 5.50. The van der Waals surface area contributed by atoms with Crippen molar-refractivity contribution in [2.24, 2.45) is 5.92 Å². The normalized spacial score (nSPS) is 28.7. The molecule has 2 bridgehead atoms. The molecule has 3 aliphatic heterocycles. The van der Waals surface area contributed by atoms with Crippen LogP contribution in [0.4, 0.5) is 5.69 Å². The highest BCUT2D eigenvalue weighted by Crippen LogP contribution is 2.32. The summed E-state index contributed by atoms with van der Waals surface area (Å²) >= 11 is 0. The van der Waals surface area contributed by atoms with Crippen molar-refractivity contribution in [2.45, 2.75) is 31.8 Å². The molecule has 0 aliphatic carbocycles. The van der Waals surface area contributed by atoms with Gasteiger partial charge in [0.05, 0.1) is 0 Å². The summed E-state index contributed by atoms with van der Waals surface area (Å²) in [5.41, 5.74) is 7.33. The highest BCUT2D eigenvalue weighted by Gasteiger charge is 2.40. The number of furan rings is 1. The van der Waals surface area contributed by atoms with Crippen LogP contribution in [0.15, 0.2) is 40.8 Å². The molecule has 1 aromatic carbocycles. The lowest BCUT2D eigenvalue weighted by Crippen LogP contribution is -2.62. The minimum Gasteiger partial charge on any atom is -0.451 e. The lowest BCUT2D eigenvalue weighted by atomic mass is 9.79. The zero-order valence-electron chi connectivity index (χ0n) is 13.9. The molecule has 0 saturated carbocycles. The number of piperidine rings is 3. The topological polar surface area (TPSA) is 71.5 Å². The number of nitrogens with one attached hydrogen (secondary N) is 1. The average molecular weight is 325 g/mol. The molecule has 24 heavy (non-hydrogen) atoms. The molecule has 3 saturated heterocycles. The van der Waals surface area contributed by atoms with Crippen molar-refractivity contribution < 1.29 is 9.21 Å². The zero-order valence-corrected chi connectivity index (χ0v) is 13.9. The lowest BCUT2D eigenvalue weighted by Gasteiger charge is -2.49. The van der Waals surface area contributed by atoms with Gasteiger partial charge in [0.1, 0.15) is 5.76 Å². The van der Waals surface area contributed by atoms with Crippen molar-refractivity contribution in [3.05, 3.63) is 42.2 Å². The molecule has 5 nitrogen and oxygen atoms in total. The second-order valence-electron chi connectivity index (χ2n) is 6.90. The average Bonchev–Trinajstić information content (AvgIpc) is 3.09. The van der Waals surface area contributed by atoms with Crippen LogP contribution in [-0.4, -0.2) is 36.0 Å². The van der Waals surface area contributed by atoms with E-state index in [0.717, 1.165) is 18.7 Å². The molecular weight excluding hydrogens is 302 g/mol. The van der Waals surface area contributed by atoms with Crippen LogP contribution in [0.2, 0.25) is 0 Å². The maximum atomic E-state index is 12.6.